The minimum Gasteiger partial charge on any atom is -0.493 e. The first-order valence-corrected chi connectivity index (χ1v) is 6.84. The Hall–Kier alpha value is -1.03. The van der Waals surface area contributed by atoms with Crippen LogP contribution in [-0.2, 0) is 0 Å². The van der Waals surface area contributed by atoms with E-state index in [4.69, 9.17) is 9.47 Å². The van der Waals surface area contributed by atoms with Crippen LogP contribution in [0.5, 0.6) is 11.5 Å². The Morgan fingerprint density at radius 3 is 2.67 bits per heavy atom. The molecule has 0 spiro atoms. The van der Waals surface area contributed by atoms with Crippen LogP contribution in [0.4, 0.5) is 0 Å². The van der Waals surface area contributed by atoms with Gasteiger partial charge < -0.3 is 9.47 Å². The maximum atomic E-state index is 10.9. The van der Waals surface area contributed by atoms with Crippen LogP contribution in [0.3, 0.4) is 0 Å². The molecule has 0 aliphatic rings. The van der Waals surface area contributed by atoms with Crippen LogP contribution in [0.15, 0.2) is 16.6 Å². The lowest BCUT2D eigenvalue weighted by Gasteiger charge is -2.14. The summed E-state index contributed by atoms with van der Waals surface area (Å²) in [6.45, 7) is 4.99. The van der Waals surface area contributed by atoms with Crippen molar-refractivity contribution >= 4 is 22.2 Å². The molecule has 0 fully saturated rings. The third-order valence-electron chi connectivity index (χ3n) is 2.61. The van der Waals surface area contributed by atoms with E-state index in [0.29, 0.717) is 34.1 Å². The number of hydrogen-bond acceptors (Lipinski definition) is 3. The number of methoxy groups -OCH3 is 1. The summed E-state index contributed by atoms with van der Waals surface area (Å²) in [4.78, 5) is 10.9. The molecule has 3 nitrogen and oxygen atoms in total. The lowest BCUT2D eigenvalue weighted by Crippen LogP contribution is -2.02. The highest BCUT2D eigenvalue weighted by Crippen LogP contribution is 2.37. The van der Waals surface area contributed by atoms with Crippen molar-refractivity contribution in [3.63, 3.8) is 0 Å². The molecule has 0 bridgehead atoms. The van der Waals surface area contributed by atoms with Crippen molar-refractivity contribution in [2.45, 2.75) is 26.7 Å². The fourth-order valence-electron chi connectivity index (χ4n) is 1.61. The number of hydrogen-bond donors (Lipinski definition) is 0. The fraction of sp³-hybridized carbons (Fsp3) is 0.500. The second-order valence-corrected chi connectivity index (χ2v) is 5.30. The molecule has 0 N–H and O–H groups in total. The highest BCUT2D eigenvalue weighted by atomic mass is 79.9. The lowest BCUT2D eigenvalue weighted by atomic mass is 10.1. The maximum Gasteiger partial charge on any atom is 0.176 e. The van der Waals surface area contributed by atoms with E-state index in [1.54, 1.807) is 19.2 Å². The highest BCUT2D eigenvalue weighted by molar-refractivity contribution is 9.10. The third-order valence-corrected chi connectivity index (χ3v) is 3.43. The van der Waals surface area contributed by atoms with Crippen LogP contribution in [0.25, 0.3) is 0 Å². The average molecular weight is 315 g/mol. The number of halogens is 1. The minimum absolute atomic E-state index is 0.564. The summed E-state index contributed by atoms with van der Waals surface area (Å²) in [5.74, 6) is 1.91. The van der Waals surface area contributed by atoms with Crippen molar-refractivity contribution in [1.29, 1.82) is 0 Å². The first-order chi connectivity index (χ1) is 8.60. The molecule has 0 saturated carbocycles. The van der Waals surface area contributed by atoms with Gasteiger partial charge in [0, 0.05) is 5.56 Å². The van der Waals surface area contributed by atoms with Crippen molar-refractivity contribution in [2.75, 3.05) is 13.7 Å². The molecule has 1 aromatic carbocycles. The van der Waals surface area contributed by atoms with Gasteiger partial charge in [0.05, 0.1) is 18.2 Å². The molecule has 0 radical (unpaired) electrons. The molecular formula is C14H19BrO3. The summed E-state index contributed by atoms with van der Waals surface area (Å²) in [6.07, 6.45) is 2.90. The van der Waals surface area contributed by atoms with E-state index in [-0.39, 0.29) is 0 Å². The third kappa shape index (κ3) is 4.02. The van der Waals surface area contributed by atoms with Crippen molar-refractivity contribution in [2.24, 2.45) is 5.92 Å². The maximum absolute atomic E-state index is 10.9. The minimum atomic E-state index is 0.564. The molecule has 0 amide bonds. The topological polar surface area (TPSA) is 35.5 Å². The van der Waals surface area contributed by atoms with Gasteiger partial charge >= 0.3 is 0 Å². The second kappa shape index (κ2) is 7.41. The van der Waals surface area contributed by atoms with Gasteiger partial charge in [-0.3, -0.25) is 4.79 Å². The molecule has 0 aliphatic carbocycles. The van der Waals surface area contributed by atoms with Gasteiger partial charge in [-0.05, 0) is 46.8 Å². The van der Waals surface area contributed by atoms with Crippen molar-refractivity contribution in [3.8, 4) is 11.5 Å². The monoisotopic (exact) mass is 314 g/mol. The van der Waals surface area contributed by atoms with Crippen LogP contribution in [0.1, 0.15) is 37.0 Å². The summed E-state index contributed by atoms with van der Waals surface area (Å²) < 4.78 is 11.6. The van der Waals surface area contributed by atoms with Gasteiger partial charge in [0.25, 0.3) is 0 Å². The van der Waals surface area contributed by atoms with Gasteiger partial charge in [0.15, 0.2) is 17.8 Å². The van der Waals surface area contributed by atoms with Crippen LogP contribution in [0, 0.1) is 5.92 Å². The Kier molecular flexibility index (Phi) is 6.19. The first kappa shape index (κ1) is 15.0. The molecule has 100 valence electrons. The summed E-state index contributed by atoms with van der Waals surface area (Å²) in [5, 5.41) is 0. The van der Waals surface area contributed by atoms with Gasteiger partial charge in [-0.25, -0.2) is 0 Å². The molecule has 0 aliphatic heterocycles. The molecule has 1 rings (SSSR count). The van der Waals surface area contributed by atoms with Crippen LogP contribution in [0.2, 0.25) is 0 Å². The molecule has 0 unspecified atom stereocenters. The summed E-state index contributed by atoms with van der Waals surface area (Å²) >= 11 is 3.38. The standard InChI is InChI=1S/C14H19BrO3/c1-10(2)5-4-8-18-14-12(17-3)7-6-11(9-16)13(14)15/h6-7,9-10H,4-5,8H2,1-3H3. The summed E-state index contributed by atoms with van der Waals surface area (Å²) in [6, 6.07) is 3.45. The molecule has 0 saturated heterocycles. The predicted octanol–water partition coefficient (Wildman–Crippen LogP) is 4.09. The molecule has 1 aromatic rings. The van der Waals surface area contributed by atoms with Gasteiger partial charge in [-0.15, -0.1) is 0 Å². The Labute approximate surface area is 117 Å². The number of aldehydes is 1. The molecular weight excluding hydrogens is 296 g/mol. The van der Waals surface area contributed by atoms with E-state index in [2.05, 4.69) is 29.8 Å². The zero-order chi connectivity index (χ0) is 13.5. The number of rotatable bonds is 7. The van der Waals surface area contributed by atoms with Crippen molar-refractivity contribution in [1.82, 2.24) is 0 Å². The predicted molar refractivity (Wildman–Crippen MR) is 75.6 cm³/mol. The van der Waals surface area contributed by atoms with Crippen LogP contribution < -0.4 is 9.47 Å². The van der Waals surface area contributed by atoms with E-state index in [9.17, 15) is 4.79 Å². The molecule has 18 heavy (non-hydrogen) atoms. The van der Waals surface area contributed by atoms with Crippen molar-refractivity contribution in [3.05, 3.63) is 22.2 Å². The zero-order valence-corrected chi connectivity index (χ0v) is 12.6. The number of carbonyl (C=O) groups excluding carboxylic acids is 1. The summed E-state index contributed by atoms with van der Waals surface area (Å²) in [5.41, 5.74) is 0.564. The quantitative estimate of drug-likeness (QED) is 0.562. The normalized spacial score (nSPS) is 10.5. The Balaban J connectivity index is 2.75. The van der Waals surface area contributed by atoms with E-state index in [0.717, 1.165) is 19.1 Å². The smallest absolute Gasteiger partial charge is 0.176 e. The Bertz CT molecular complexity index is 402. The van der Waals surface area contributed by atoms with Gasteiger partial charge in [0.2, 0.25) is 0 Å². The molecule has 0 aromatic heterocycles. The SMILES string of the molecule is COc1ccc(C=O)c(Br)c1OCCCC(C)C. The zero-order valence-electron chi connectivity index (χ0n) is 11.0. The lowest BCUT2D eigenvalue weighted by molar-refractivity contribution is 0.112. The molecule has 0 atom stereocenters. The van der Waals surface area contributed by atoms with Crippen LogP contribution >= 0.6 is 15.9 Å². The van der Waals surface area contributed by atoms with E-state index in [1.807, 2.05) is 0 Å². The Morgan fingerprint density at radius 1 is 1.39 bits per heavy atom. The van der Waals surface area contributed by atoms with Crippen molar-refractivity contribution < 1.29 is 14.3 Å². The number of ether oxygens (including phenoxy) is 2. The highest BCUT2D eigenvalue weighted by Gasteiger charge is 2.13. The molecule has 4 heteroatoms. The largest absolute Gasteiger partial charge is 0.493 e. The average Bonchev–Trinajstić information content (AvgIpc) is 2.35. The second-order valence-electron chi connectivity index (χ2n) is 4.50. The van der Waals surface area contributed by atoms with Gasteiger partial charge in [0.1, 0.15) is 0 Å². The molecule has 0 heterocycles. The van der Waals surface area contributed by atoms with Gasteiger partial charge in [-0.2, -0.15) is 0 Å². The first-order valence-electron chi connectivity index (χ1n) is 6.04. The van der Waals surface area contributed by atoms with Gasteiger partial charge in [-0.1, -0.05) is 13.8 Å². The number of carbonyl (C=O) groups is 1. The Morgan fingerprint density at radius 2 is 2.11 bits per heavy atom. The summed E-state index contributed by atoms with van der Waals surface area (Å²) in [7, 11) is 1.59. The van der Waals surface area contributed by atoms with E-state index in [1.165, 1.54) is 0 Å². The fourth-order valence-corrected chi connectivity index (χ4v) is 2.14. The van der Waals surface area contributed by atoms with E-state index < -0.39 is 0 Å². The van der Waals surface area contributed by atoms with Crippen LogP contribution in [-0.4, -0.2) is 20.0 Å². The van der Waals surface area contributed by atoms with E-state index >= 15 is 0 Å². The number of benzene rings is 1.